The van der Waals surface area contributed by atoms with E-state index in [0.717, 1.165) is 5.75 Å². The van der Waals surface area contributed by atoms with Crippen LogP contribution in [0.1, 0.15) is 6.92 Å². The molecule has 4 atom stereocenters. The van der Waals surface area contributed by atoms with E-state index >= 15 is 0 Å². The van der Waals surface area contributed by atoms with E-state index in [-0.39, 0.29) is 24.8 Å². The third-order valence-corrected chi connectivity index (χ3v) is 5.00. The second-order valence-electron chi connectivity index (χ2n) is 7.21. The Morgan fingerprint density at radius 1 is 0.968 bits per heavy atom. The number of ether oxygens (including phenoxy) is 4. The van der Waals surface area contributed by atoms with Gasteiger partial charge in [-0.05, 0) is 43.3 Å². The van der Waals surface area contributed by atoms with Gasteiger partial charge in [0.15, 0.2) is 6.10 Å². The number of hydrogen-bond acceptors (Lipinski definition) is 6. The predicted molar refractivity (Wildman–Crippen MR) is 112 cm³/mol. The second-order valence-corrected chi connectivity index (χ2v) is 7.21. The van der Waals surface area contributed by atoms with Crippen LogP contribution in [0.4, 0.5) is 15.3 Å². The van der Waals surface area contributed by atoms with E-state index in [2.05, 4.69) is 16.0 Å². The Hall–Kier alpha value is -3.30. The molecule has 4 rings (SSSR count). The molecular formula is C22H25N3O6. The molecule has 31 heavy (non-hydrogen) atoms. The van der Waals surface area contributed by atoms with Gasteiger partial charge in [-0.3, -0.25) is 5.32 Å². The van der Waals surface area contributed by atoms with E-state index in [1.807, 2.05) is 37.3 Å². The van der Waals surface area contributed by atoms with Gasteiger partial charge in [0, 0.05) is 12.2 Å². The van der Waals surface area contributed by atoms with Crippen molar-refractivity contribution in [3.63, 3.8) is 0 Å². The Bertz CT molecular complexity index is 892. The van der Waals surface area contributed by atoms with Crippen LogP contribution in [-0.4, -0.2) is 56.2 Å². The van der Waals surface area contributed by atoms with Gasteiger partial charge < -0.3 is 29.6 Å². The third-order valence-electron chi connectivity index (χ3n) is 5.00. The van der Waals surface area contributed by atoms with Crippen LogP contribution < -0.4 is 20.7 Å². The number of fused-ring (bicyclic) bond motifs is 1. The van der Waals surface area contributed by atoms with Crippen LogP contribution in [0, 0.1) is 0 Å². The highest BCUT2D eigenvalue weighted by atomic mass is 16.6. The number of rotatable bonds is 6. The molecule has 2 aromatic rings. The number of carbonyl (C=O) groups excluding carboxylic acids is 2. The maximum atomic E-state index is 12.3. The van der Waals surface area contributed by atoms with Gasteiger partial charge in [0.05, 0.1) is 19.3 Å². The second kappa shape index (κ2) is 9.67. The van der Waals surface area contributed by atoms with Crippen LogP contribution in [0.5, 0.6) is 11.5 Å². The lowest BCUT2D eigenvalue weighted by molar-refractivity contribution is 0.00872. The number of benzene rings is 2. The van der Waals surface area contributed by atoms with Gasteiger partial charge in [0.25, 0.3) is 0 Å². The van der Waals surface area contributed by atoms with E-state index < -0.39 is 18.3 Å². The van der Waals surface area contributed by atoms with Crippen molar-refractivity contribution in [1.82, 2.24) is 10.6 Å². The van der Waals surface area contributed by atoms with Gasteiger partial charge in [0.2, 0.25) is 0 Å². The summed E-state index contributed by atoms with van der Waals surface area (Å²) in [6.45, 7) is 2.88. The standard InChI is InChI=1S/C22H25N3O6/c1-2-23-21(26)25-17-12-28-20-18(13-29-19(17)20)31-22(27)24-14-8-10-16(11-9-14)30-15-6-4-3-5-7-15/h3-11,17-20H,2,12-13H2,1H3,(H,24,27)(H2,23,25,26). The number of para-hydroxylation sites is 1. The van der Waals surface area contributed by atoms with E-state index in [0.29, 0.717) is 24.6 Å². The molecule has 2 aliphatic heterocycles. The fraction of sp³-hybridized carbons (Fsp3) is 0.364. The molecule has 9 heteroatoms. The van der Waals surface area contributed by atoms with Crippen molar-refractivity contribution >= 4 is 17.8 Å². The molecule has 0 aliphatic carbocycles. The van der Waals surface area contributed by atoms with Crippen LogP contribution >= 0.6 is 0 Å². The fourth-order valence-electron chi connectivity index (χ4n) is 3.58. The Labute approximate surface area is 180 Å². The molecule has 2 heterocycles. The first-order valence-electron chi connectivity index (χ1n) is 10.2. The van der Waals surface area contributed by atoms with Gasteiger partial charge in [-0.15, -0.1) is 0 Å². The minimum atomic E-state index is -0.602. The maximum absolute atomic E-state index is 12.3. The highest BCUT2D eigenvalue weighted by Gasteiger charge is 2.50. The summed E-state index contributed by atoms with van der Waals surface area (Å²) in [5.41, 5.74) is 0.573. The van der Waals surface area contributed by atoms with Crippen molar-refractivity contribution in [3.8, 4) is 11.5 Å². The SMILES string of the molecule is CCNC(=O)NC1COC2C(OC(=O)Nc3ccc(Oc4ccccc4)cc3)COC12. The van der Waals surface area contributed by atoms with Crippen molar-refractivity contribution in [2.24, 2.45) is 0 Å². The first-order chi connectivity index (χ1) is 15.1. The van der Waals surface area contributed by atoms with Crippen LogP contribution in [-0.2, 0) is 14.2 Å². The summed E-state index contributed by atoms with van der Waals surface area (Å²) in [7, 11) is 0. The summed E-state index contributed by atoms with van der Waals surface area (Å²) in [4.78, 5) is 24.1. The molecule has 164 valence electrons. The molecule has 0 aromatic heterocycles. The Morgan fingerprint density at radius 3 is 2.42 bits per heavy atom. The summed E-state index contributed by atoms with van der Waals surface area (Å²) in [6, 6.07) is 15.8. The van der Waals surface area contributed by atoms with Crippen molar-refractivity contribution in [3.05, 3.63) is 54.6 Å². The molecule has 0 saturated carbocycles. The molecule has 3 N–H and O–H groups in total. The van der Waals surface area contributed by atoms with E-state index in [1.165, 1.54) is 0 Å². The minimum Gasteiger partial charge on any atom is -0.457 e. The first-order valence-corrected chi connectivity index (χ1v) is 10.2. The molecule has 2 fully saturated rings. The first kappa shape index (κ1) is 21.0. The number of anilines is 1. The average molecular weight is 427 g/mol. The lowest BCUT2D eigenvalue weighted by atomic mass is 10.1. The maximum Gasteiger partial charge on any atom is 0.412 e. The summed E-state index contributed by atoms with van der Waals surface area (Å²) >= 11 is 0. The van der Waals surface area contributed by atoms with Crippen molar-refractivity contribution in [1.29, 1.82) is 0 Å². The van der Waals surface area contributed by atoms with E-state index in [1.54, 1.807) is 24.3 Å². The Kier molecular flexibility index (Phi) is 6.54. The monoisotopic (exact) mass is 427 g/mol. The quantitative estimate of drug-likeness (QED) is 0.654. The van der Waals surface area contributed by atoms with Crippen LogP contribution in [0.25, 0.3) is 0 Å². The highest BCUT2D eigenvalue weighted by molar-refractivity contribution is 5.84. The van der Waals surface area contributed by atoms with Crippen LogP contribution in [0.3, 0.4) is 0 Å². The van der Waals surface area contributed by atoms with Crippen molar-refractivity contribution in [2.45, 2.75) is 31.3 Å². The number of urea groups is 1. The summed E-state index contributed by atoms with van der Waals surface area (Å²) in [5, 5.41) is 8.19. The zero-order chi connectivity index (χ0) is 21.6. The molecule has 0 radical (unpaired) electrons. The zero-order valence-corrected chi connectivity index (χ0v) is 17.1. The zero-order valence-electron chi connectivity index (χ0n) is 17.1. The molecule has 0 spiro atoms. The number of hydrogen-bond donors (Lipinski definition) is 3. The number of amides is 3. The van der Waals surface area contributed by atoms with Gasteiger partial charge in [-0.2, -0.15) is 0 Å². The Balaban J connectivity index is 1.26. The van der Waals surface area contributed by atoms with Gasteiger partial charge in [-0.25, -0.2) is 9.59 Å². The lowest BCUT2D eigenvalue weighted by Gasteiger charge is -2.18. The molecule has 2 saturated heterocycles. The number of nitrogens with one attached hydrogen (secondary N) is 3. The molecular weight excluding hydrogens is 402 g/mol. The third kappa shape index (κ3) is 5.25. The minimum absolute atomic E-state index is 0.209. The normalized spacial score (nSPS) is 24.2. The van der Waals surface area contributed by atoms with Gasteiger partial charge >= 0.3 is 12.1 Å². The van der Waals surface area contributed by atoms with Crippen LogP contribution in [0.15, 0.2) is 54.6 Å². The van der Waals surface area contributed by atoms with E-state index in [4.69, 9.17) is 18.9 Å². The molecule has 4 unspecified atom stereocenters. The number of carbonyl (C=O) groups is 2. The summed E-state index contributed by atoms with van der Waals surface area (Å²) in [5.74, 6) is 1.39. The molecule has 3 amide bonds. The Morgan fingerprint density at radius 2 is 1.68 bits per heavy atom. The van der Waals surface area contributed by atoms with Gasteiger partial charge in [-0.1, -0.05) is 18.2 Å². The average Bonchev–Trinajstić information content (AvgIpc) is 3.34. The molecule has 2 aliphatic rings. The van der Waals surface area contributed by atoms with E-state index in [9.17, 15) is 9.59 Å². The highest BCUT2D eigenvalue weighted by Crippen LogP contribution is 2.29. The summed E-state index contributed by atoms with van der Waals surface area (Å²) in [6.07, 6.45) is -1.92. The largest absolute Gasteiger partial charge is 0.457 e. The van der Waals surface area contributed by atoms with Crippen LogP contribution in [0.2, 0.25) is 0 Å². The van der Waals surface area contributed by atoms with Gasteiger partial charge in [0.1, 0.15) is 23.7 Å². The molecule has 9 nitrogen and oxygen atoms in total. The molecule has 2 aromatic carbocycles. The summed E-state index contributed by atoms with van der Waals surface area (Å²) < 4.78 is 22.7. The lowest BCUT2D eigenvalue weighted by Crippen LogP contribution is -2.48. The van der Waals surface area contributed by atoms with Crippen molar-refractivity contribution in [2.75, 3.05) is 25.1 Å². The van der Waals surface area contributed by atoms with Crippen molar-refractivity contribution < 1.29 is 28.5 Å². The molecule has 0 bridgehead atoms. The fourth-order valence-corrected chi connectivity index (χ4v) is 3.58. The predicted octanol–water partition coefficient (Wildman–Crippen LogP) is 2.88. The topological polar surface area (TPSA) is 107 Å². The smallest absolute Gasteiger partial charge is 0.412 e.